The van der Waals surface area contributed by atoms with Crippen molar-refractivity contribution >= 4 is 51.0 Å². The van der Waals surface area contributed by atoms with Crippen LogP contribution in [-0.2, 0) is 15.6 Å². The molecule has 0 spiro atoms. The van der Waals surface area contributed by atoms with Crippen LogP contribution in [0, 0.1) is 0 Å². The lowest BCUT2D eigenvalue weighted by Gasteiger charge is -2.22. The fraction of sp³-hybridized carbons (Fsp3) is 0.333. The van der Waals surface area contributed by atoms with Gasteiger partial charge in [0.2, 0.25) is 5.91 Å². The zero-order valence-electron chi connectivity index (χ0n) is 23.6. The molecule has 222 valence electrons. The number of amides is 1. The summed E-state index contributed by atoms with van der Waals surface area (Å²) in [5.41, 5.74) is 9.08. The Bertz CT molecular complexity index is 1760. The Hall–Kier alpha value is -3.25. The SMILES string of the molecule is C[C@@H](Oc1cc(-n2cnc3ccc(CS(C)(=O)=O)cc32)cc(C(N)=O)c1S)c1cccc(OC[C@@H]2CCCN2C)c1Cl. The summed E-state index contributed by atoms with van der Waals surface area (Å²) >= 11 is 11.4. The molecule has 4 aromatic rings. The van der Waals surface area contributed by atoms with Crippen molar-refractivity contribution in [3.8, 4) is 17.2 Å². The minimum absolute atomic E-state index is 0.108. The van der Waals surface area contributed by atoms with Gasteiger partial charge < -0.3 is 20.1 Å². The molecule has 42 heavy (non-hydrogen) atoms. The normalized spacial score (nSPS) is 16.5. The van der Waals surface area contributed by atoms with Gasteiger partial charge in [-0.15, -0.1) is 12.6 Å². The smallest absolute Gasteiger partial charge is 0.250 e. The topological polar surface area (TPSA) is 117 Å². The lowest BCUT2D eigenvalue weighted by molar-refractivity contribution is 0.0996. The third-order valence-electron chi connectivity index (χ3n) is 7.48. The van der Waals surface area contributed by atoms with E-state index in [4.69, 9.17) is 26.8 Å². The highest BCUT2D eigenvalue weighted by Gasteiger charge is 2.23. The van der Waals surface area contributed by atoms with Crippen LogP contribution >= 0.6 is 24.2 Å². The fourth-order valence-electron chi connectivity index (χ4n) is 5.24. The number of carbonyl (C=O) groups excluding carboxylic acids is 1. The lowest BCUT2D eigenvalue weighted by atomic mass is 10.1. The van der Waals surface area contributed by atoms with Crippen LogP contribution in [0.1, 0.15) is 47.4 Å². The van der Waals surface area contributed by atoms with Gasteiger partial charge in [0.1, 0.15) is 30.5 Å². The van der Waals surface area contributed by atoms with Crippen molar-refractivity contribution in [2.45, 2.75) is 42.6 Å². The first kappa shape index (κ1) is 30.2. The third kappa shape index (κ3) is 6.54. The van der Waals surface area contributed by atoms with E-state index in [1.165, 1.54) is 6.26 Å². The second-order valence-electron chi connectivity index (χ2n) is 10.7. The number of likely N-dealkylation sites (N-methyl/N-ethyl adjacent to an activating group) is 1. The van der Waals surface area contributed by atoms with Gasteiger partial charge in [-0.1, -0.05) is 29.8 Å². The summed E-state index contributed by atoms with van der Waals surface area (Å²) in [6, 6.07) is 14.5. The maximum Gasteiger partial charge on any atom is 0.250 e. The summed E-state index contributed by atoms with van der Waals surface area (Å²) in [5, 5.41) is 0.455. The number of primary amides is 1. The summed E-state index contributed by atoms with van der Waals surface area (Å²) in [4.78, 5) is 19.4. The van der Waals surface area contributed by atoms with Crippen LogP contribution in [0.3, 0.4) is 0 Å². The van der Waals surface area contributed by atoms with Gasteiger partial charge in [-0.25, -0.2) is 13.4 Å². The maximum atomic E-state index is 12.4. The Kier molecular flexibility index (Phi) is 8.75. The summed E-state index contributed by atoms with van der Waals surface area (Å²) in [6.07, 6.45) is 4.49. The number of sulfone groups is 1. The van der Waals surface area contributed by atoms with E-state index in [9.17, 15) is 13.2 Å². The largest absolute Gasteiger partial charge is 0.490 e. The molecule has 0 radical (unpaired) electrons. The highest BCUT2D eigenvalue weighted by Crippen LogP contribution is 2.38. The number of aromatic nitrogens is 2. The molecule has 0 bridgehead atoms. The Morgan fingerprint density at radius 1 is 1.21 bits per heavy atom. The summed E-state index contributed by atoms with van der Waals surface area (Å²) in [6.45, 7) is 3.45. The monoisotopic (exact) mass is 628 g/mol. The Morgan fingerprint density at radius 2 is 2.00 bits per heavy atom. The highest BCUT2D eigenvalue weighted by molar-refractivity contribution is 7.89. The molecule has 1 amide bonds. The molecule has 1 aliphatic heterocycles. The first-order valence-corrected chi connectivity index (χ1v) is 16.4. The molecule has 1 saturated heterocycles. The van der Waals surface area contributed by atoms with Crippen molar-refractivity contribution < 1.29 is 22.7 Å². The minimum Gasteiger partial charge on any atom is -0.490 e. The number of nitrogens with two attached hydrogens (primary N) is 1. The molecule has 5 rings (SSSR count). The van der Waals surface area contributed by atoms with E-state index in [2.05, 4.69) is 29.6 Å². The molecule has 2 N–H and O–H groups in total. The van der Waals surface area contributed by atoms with Gasteiger partial charge in [-0.3, -0.25) is 9.36 Å². The van der Waals surface area contributed by atoms with Crippen LogP contribution in [0.4, 0.5) is 0 Å². The number of fused-ring (bicyclic) bond motifs is 1. The van der Waals surface area contributed by atoms with Crippen molar-refractivity contribution in [3.05, 3.63) is 76.6 Å². The number of nitrogens with zero attached hydrogens (tertiary/aromatic N) is 3. The number of hydrogen-bond acceptors (Lipinski definition) is 8. The van der Waals surface area contributed by atoms with Gasteiger partial charge in [-0.05, 0) is 63.2 Å². The zero-order chi connectivity index (χ0) is 30.2. The Balaban J connectivity index is 1.47. The Morgan fingerprint density at radius 3 is 2.69 bits per heavy atom. The van der Waals surface area contributed by atoms with Crippen LogP contribution < -0.4 is 15.2 Å². The number of carbonyl (C=O) groups is 1. The van der Waals surface area contributed by atoms with Gasteiger partial charge >= 0.3 is 0 Å². The molecular formula is C30H33ClN4O5S2. The highest BCUT2D eigenvalue weighted by atomic mass is 35.5. The molecule has 1 aromatic heterocycles. The molecule has 0 saturated carbocycles. The predicted molar refractivity (Wildman–Crippen MR) is 167 cm³/mol. The number of imidazole rings is 1. The van der Waals surface area contributed by atoms with E-state index in [0.717, 1.165) is 19.4 Å². The maximum absolute atomic E-state index is 12.4. The van der Waals surface area contributed by atoms with Gasteiger partial charge in [0.25, 0.3) is 0 Å². The summed E-state index contributed by atoms with van der Waals surface area (Å²) in [5.74, 6) is 0.119. The van der Waals surface area contributed by atoms with Gasteiger partial charge in [0.05, 0.1) is 38.0 Å². The molecule has 0 unspecified atom stereocenters. The third-order valence-corrected chi connectivity index (χ3v) is 9.20. The molecule has 2 heterocycles. The second kappa shape index (κ2) is 12.2. The van der Waals surface area contributed by atoms with Crippen LogP contribution in [0.2, 0.25) is 5.02 Å². The van der Waals surface area contributed by atoms with Gasteiger partial charge in [-0.2, -0.15) is 0 Å². The number of rotatable bonds is 10. The molecular weight excluding hydrogens is 596 g/mol. The van der Waals surface area contributed by atoms with Gasteiger partial charge in [0, 0.05) is 23.9 Å². The van der Waals surface area contributed by atoms with Crippen LogP contribution in [0.15, 0.2) is 59.8 Å². The van der Waals surface area contributed by atoms with E-state index in [1.54, 1.807) is 41.2 Å². The van der Waals surface area contributed by atoms with Crippen molar-refractivity contribution in [1.82, 2.24) is 14.5 Å². The van der Waals surface area contributed by atoms with Gasteiger partial charge in [0.15, 0.2) is 9.84 Å². The molecule has 0 aliphatic carbocycles. The molecule has 3 aromatic carbocycles. The molecule has 12 heteroatoms. The molecule has 1 aliphatic rings. The Labute approximate surface area is 255 Å². The molecule has 9 nitrogen and oxygen atoms in total. The van der Waals surface area contributed by atoms with E-state index < -0.39 is 21.8 Å². The first-order chi connectivity index (χ1) is 19.9. The standard InChI is InChI=1S/C30H33ClN4O5S2/c1-18(22-7-4-8-26(28(22)31)39-15-20-6-5-11-34(20)2)40-27-14-21(13-23(29(27)41)30(32)36)35-17-33-24-10-9-19(12-25(24)35)16-42(3,37)38/h4,7-10,12-14,17-18,20,41H,5-6,11,15-16H2,1-3H3,(H2,32,36)/t18-,20+/m1/s1. The van der Waals surface area contributed by atoms with Crippen LogP contribution in [-0.4, -0.2) is 61.3 Å². The van der Waals surface area contributed by atoms with E-state index in [1.807, 2.05) is 25.1 Å². The minimum atomic E-state index is -3.24. The molecule has 1 fully saturated rings. The number of thiol groups is 1. The first-order valence-electron chi connectivity index (χ1n) is 13.5. The van der Waals surface area contributed by atoms with E-state index >= 15 is 0 Å². The van der Waals surface area contributed by atoms with Crippen LogP contribution in [0.5, 0.6) is 11.5 Å². The van der Waals surface area contributed by atoms with Crippen LogP contribution in [0.25, 0.3) is 16.7 Å². The number of benzene rings is 3. The summed E-state index contributed by atoms with van der Waals surface area (Å²) in [7, 11) is -1.14. The molecule has 2 atom stereocenters. The summed E-state index contributed by atoms with van der Waals surface area (Å²) < 4.78 is 38.0. The average molecular weight is 629 g/mol. The number of ether oxygens (including phenoxy) is 2. The van der Waals surface area contributed by atoms with E-state index in [0.29, 0.717) is 57.0 Å². The second-order valence-corrected chi connectivity index (χ2v) is 13.7. The number of halogens is 1. The van der Waals surface area contributed by atoms with Crippen molar-refractivity contribution in [3.63, 3.8) is 0 Å². The fourth-order valence-corrected chi connectivity index (χ4v) is 6.66. The van der Waals surface area contributed by atoms with Crippen molar-refractivity contribution in [2.24, 2.45) is 5.73 Å². The number of hydrogen-bond donors (Lipinski definition) is 2. The average Bonchev–Trinajstić information content (AvgIpc) is 3.53. The quantitative estimate of drug-likeness (QED) is 0.231. The number of likely N-dealkylation sites (tertiary alicyclic amines) is 1. The predicted octanol–water partition coefficient (Wildman–Crippen LogP) is 5.22. The van der Waals surface area contributed by atoms with Crippen molar-refractivity contribution in [2.75, 3.05) is 26.5 Å². The lowest BCUT2D eigenvalue weighted by Crippen LogP contribution is -2.30. The van der Waals surface area contributed by atoms with E-state index in [-0.39, 0.29) is 16.2 Å². The zero-order valence-corrected chi connectivity index (χ0v) is 26.0. The van der Waals surface area contributed by atoms with Crippen molar-refractivity contribution in [1.29, 1.82) is 0 Å².